The fourth-order valence-electron chi connectivity index (χ4n) is 0.841. The first-order chi connectivity index (χ1) is 8.48. The molecule has 0 spiro atoms. The summed E-state index contributed by atoms with van der Waals surface area (Å²) in [4.78, 5) is 10.3. The number of sulfone groups is 2. The van der Waals surface area contributed by atoms with Crippen molar-refractivity contribution >= 4 is 25.6 Å². The van der Waals surface area contributed by atoms with E-state index in [1.807, 2.05) is 0 Å². The number of carboxylic acids is 1. The Morgan fingerprint density at radius 1 is 0.857 bits per heavy atom. The third-order valence-electron chi connectivity index (χ3n) is 1.71. The summed E-state index contributed by atoms with van der Waals surface area (Å²) in [6.07, 6.45) is 0. The van der Waals surface area contributed by atoms with Gasteiger partial charge in [-0.3, -0.25) is 0 Å². The summed E-state index contributed by atoms with van der Waals surface area (Å²) in [6, 6.07) is 0. The molecule has 15 heteroatoms. The molecule has 0 aliphatic carbocycles. The molecule has 0 heterocycles. The number of aliphatic carboxylic acids is 1. The molecule has 118 valence electrons. The quantitative estimate of drug-likeness (QED) is 0.300. The number of rotatable bonds is 3. The van der Waals surface area contributed by atoms with Crippen molar-refractivity contribution in [3.63, 3.8) is 0 Å². The van der Waals surface area contributed by atoms with Crippen LogP contribution >= 0.6 is 0 Å². The Morgan fingerprint density at radius 2 is 1.10 bits per heavy atom. The number of carbonyl (C=O) groups is 1. The molecule has 0 N–H and O–H groups in total. The fourth-order valence-corrected chi connectivity index (χ4v) is 3.96. The van der Waals surface area contributed by atoms with Crippen LogP contribution in [-0.4, -0.2) is 33.8 Å². The van der Waals surface area contributed by atoms with Gasteiger partial charge in [0.05, 0.1) is 5.97 Å². The molecule has 6 nitrogen and oxygen atoms in total. The van der Waals surface area contributed by atoms with Gasteiger partial charge in [0.2, 0.25) is 0 Å². The monoisotopic (exact) mass is 356 g/mol. The van der Waals surface area contributed by atoms with E-state index in [0.717, 1.165) is 0 Å². The van der Waals surface area contributed by atoms with Crippen LogP contribution in [0.3, 0.4) is 0 Å². The number of hydrogen-bond donors (Lipinski definition) is 0. The number of carboxylic acid groups (broad SMARTS) is 1. The van der Waals surface area contributed by atoms with Gasteiger partial charge in [0, 0.05) is 5.57 Å². The van der Waals surface area contributed by atoms with Crippen molar-refractivity contribution in [3.05, 3.63) is 9.81 Å². The summed E-state index contributed by atoms with van der Waals surface area (Å²) in [5.74, 6) is -2.82. The molecule has 0 fully saturated rings. The number of alkyl halides is 6. The third kappa shape index (κ3) is 4.15. The normalized spacial score (nSPS) is 13.3. The molecular formula is C6H3F6LiO6S2. The summed E-state index contributed by atoms with van der Waals surface area (Å²) in [6.45, 7) is -0.0722. The summed E-state index contributed by atoms with van der Waals surface area (Å²) < 4.78 is 113. The minimum atomic E-state index is -7.07. The SMILES string of the molecule is CC(C(=O)[O-])=C(S(=O)(=O)C(F)(F)F)S(=O)(=O)C(F)(F)F.[Li+]. The first-order valence-corrected chi connectivity index (χ1v) is 6.99. The first kappa shape index (κ1) is 22.6. The summed E-state index contributed by atoms with van der Waals surface area (Å²) >= 11 is 0. The Bertz CT molecular complexity index is 609. The fraction of sp³-hybridized carbons (Fsp3) is 0.500. The van der Waals surface area contributed by atoms with Gasteiger partial charge in [-0.25, -0.2) is 16.8 Å². The van der Waals surface area contributed by atoms with Crippen LogP contribution in [0.5, 0.6) is 0 Å². The van der Waals surface area contributed by atoms with Gasteiger partial charge < -0.3 is 9.90 Å². The van der Waals surface area contributed by atoms with Gasteiger partial charge in [-0.05, 0) is 6.92 Å². The van der Waals surface area contributed by atoms with E-state index in [-0.39, 0.29) is 25.8 Å². The number of carbonyl (C=O) groups excluding carboxylic acids is 1. The zero-order valence-corrected chi connectivity index (χ0v) is 11.7. The molecule has 0 aromatic heterocycles. The largest absolute Gasteiger partial charge is 1.00 e. The second kappa shape index (κ2) is 6.19. The van der Waals surface area contributed by atoms with Gasteiger partial charge in [-0.1, -0.05) is 0 Å². The van der Waals surface area contributed by atoms with Gasteiger partial charge in [0.25, 0.3) is 19.7 Å². The molecule has 0 saturated heterocycles. The van der Waals surface area contributed by atoms with Crippen LogP contribution in [0.2, 0.25) is 0 Å². The van der Waals surface area contributed by atoms with Crippen LogP contribution in [0.4, 0.5) is 26.3 Å². The van der Waals surface area contributed by atoms with Crippen molar-refractivity contribution < 1.29 is 71.9 Å². The average Bonchev–Trinajstić information content (AvgIpc) is 2.12. The minimum absolute atomic E-state index is 0. The summed E-state index contributed by atoms with van der Waals surface area (Å²) in [5, 5.41) is 10.3. The molecule has 0 aliphatic rings. The molecule has 0 rings (SSSR count). The van der Waals surface area contributed by atoms with Crippen molar-refractivity contribution in [1.29, 1.82) is 0 Å². The predicted octanol–water partition coefficient (Wildman–Crippen LogP) is -3.16. The van der Waals surface area contributed by atoms with Crippen LogP contribution in [0.1, 0.15) is 6.92 Å². The Morgan fingerprint density at radius 3 is 1.24 bits per heavy atom. The summed E-state index contributed by atoms with van der Waals surface area (Å²) in [5.41, 5.74) is -15.1. The molecule has 21 heavy (non-hydrogen) atoms. The van der Waals surface area contributed by atoms with E-state index >= 15 is 0 Å². The van der Waals surface area contributed by atoms with E-state index in [0.29, 0.717) is 0 Å². The third-order valence-corrected chi connectivity index (χ3v) is 5.83. The Labute approximate surface area is 125 Å². The number of hydrogen-bond acceptors (Lipinski definition) is 6. The second-order valence-electron chi connectivity index (χ2n) is 3.10. The Kier molecular flexibility index (Phi) is 6.65. The maximum absolute atomic E-state index is 12.2. The van der Waals surface area contributed by atoms with Crippen molar-refractivity contribution in [2.24, 2.45) is 0 Å². The van der Waals surface area contributed by atoms with Crippen molar-refractivity contribution in [2.75, 3.05) is 0 Å². The molecule has 0 aromatic carbocycles. The van der Waals surface area contributed by atoms with Crippen LogP contribution < -0.4 is 24.0 Å². The van der Waals surface area contributed by atoms with Crippen LogP contribution in [0.15, 0.2) is 9.81 Å². The molecule has 0 radical (unpaired) electrons. The molecule has 0 unspecified atom stereocenters. The van der Waals surface area contributed by atoms with E-state index in [4.69, 9.17) is 0 Å². The Balaban J connectivity index is 0. The van der Waals surface area contributed by atoms with E-state index in [2.05, 4.69) is 0 Å². The standard InChI is InChI=1S/C6H4F6O6S2.Li/c1-2(3(13)14)4(19(15,16)5(7,8)9)20(17,18)6(10,11)12;/h1H3,(H,13,14);/q;+1/p-1. The maximum atomic E-state index is 12.2. The molecule has 0 amide bonds. The Hall–Kier alpha value is -0.713. The van der Waals surface area contributed by atoms with Crippen LogP contribution in [0.25, 0.3) is 0 Å². The van der Waals surface area contributed by atoms with Crippen molar-refractivity contribution in [2.45, 2.75) is 17.9 Å². The van der Waals surface area contributed by atoms with Gasteiger partial charge in [0.1, 0.15) is 0 Å². The predicted molar refractivity (Wildman–Crippen MR) is 47.7 cm³/mol. The zero-order chi connectivity index (χ0) is 16.7. The molecule has 0 aliphatic heterocycles. The number of halogens is 6. The molecule has 0 atom stereocenters. The average molecular weight is 356 g/mol. The summed E-state index contributed by atoms with van der Waals surface area (Å²) in [7, 11) is -14.1. The molecule has 0 bridgehead atoms. The van der Waals surface area contributed by atoms with Crippen molar-refractivity contribution in [3.8, 4) is 0 Å². The van der Waals surface area contributed by atoms with Gasteiger partial charge in [0.15, 0.2) is 4.24 Å². The molecule has 0 aromatic rings. The van der Waals surface area contributed by atoms with Gasteiger partial charge in [-0.2, -0.15) is 26.3 Å². The smallest absolute Gasteiger partial charge is 0.545 e. The van der Waals surface area contributed by atoms with Gasteiger partial charge in [-0.15, -0.1) is 0 Å². The van der Waals surface area contributed by atoms with E-state index < -0.39 is 46.5 Å². The first-order valence-electron chi connectivity index (χ1n) is 4.03. The van der Waals surface area contributed by atoms with Crippen molar-refractivity contribution in [1.82, 2.24) is 0 Å². The topological polar surface area (TPSA) is 108 Å². The van der Waals surface area contributed by atoms with Crippen LogP contribution in [0, 0.1) is 0 Å². The minimum Gasteiger partial charge on any atom is -0.545 e. The van der Waals surface area contributed by atoms with Crippen LogP contribution in [-0.2, 0) is 24.5 Å². The van der Waals surface area contributed by atoms with E-state index in [1.54, 1.807) is 0 Å². The zero-order valence-electron chi connectivity index (χ0n) is 10.0. The van der Waals surface area contributed by atoms with E-state index in [1.165, 1.54) is 0 Å². The van der Waals surface area contributed by atoms with E-state index in [9.17, 15) is 53.1 Å². The van der Waals surface area contributed by atoms with Gasteiger partial charge >= 0.3 is 29.9 Å². The molecular weight excluding hydrogens is 353 g/mol. The maximum Gasteiger partial charge on any atom is 1.00 e. The molecule has 0 saturated carbocycles. The second-order valence-corrected chi connectivity index (χ2v) is 7.11.